The molecule has 0 spiro atoms. The Morgan fingerprint density at radius 3 is 1.25 bits per heavy atom. The van der Waals surface area contributed by atoms with E-state index < -0.39 is 76.1 Å². The van der Waals surface area contributed by atoms with Crippen LogP contribution in [0.4, 0.5) is 14.4 Å². The van der Waals surface area contributed by atoms with Crippen LogP contribution in [0, 0.1) is 21.7 Å². The number of aliphatic hydroxyl groups excluding tert-OH is 4. The molecule has 0 aliphatic carbocycles. The molecule has 125 heavy (non-hydrogen) atoms. The van der Waals surface area contributed by atoms with Gasteiger partial charge in [-0.25, -0.2) is 14.4 Å². The summed E-state index contributed by atoms with van der Waals surface area (Å²) in [6, 6.07) is 0. The summed E-state index contributed by atoms with van der Waals surface area (Å²) in [6.07, 6.45) is 31.4. The first-order chi connectivity index (χ1) is 58.6. The largest absolute Gasteiger partial charge is 0.481 e. The minimum absolute atomic E-state index is 0.000472. The molecule has 1 rings (SSSR count). The first kappa shape index (κ1) is 129. The maximum absolute atomic E-state index is 11.9. The molecular weight excluding hydrogens is 1730 g/mol. The Bertz CT molecular complexity index is 3160. The summed E-state index contributed by atoms with van der Waals surface area (Å²) in [5.74, 6) is 0.749. The van der Waals surface area contributed by atoms with Crippen LogP contribution in [-0.4, -0.2) is 229 Å². The number of aliphatic hydroxyl groups is 4. The number of carbonyl (C=O) groups is 15. The van der Waals surface area contributed by atoms with Crippen LogP contribution in [0.1, 0.15) is 285 Å². The Labute approximate surface area is 771 Å². The van der Waals surface area contributed by atoms with Crippen LogP contribution in [0.15, 0.2) is 60.8 Å². The lowest BCUT2D eigenvalue weighted by Gasteiger charge is -2.28. The van der Waals surface area contributed by atoms with Crippen molar-refractivity contribution in [1.29, 1.82) is 0 Å². The van der Waals surface area contributed by atoms with Crippen LogP contribution >= 0.6 is 67.6 Å². The number of hydrogen-bond acceptors (Lipinski definition) is 29. The van der Waals surface area contributed by atoms with E-state index in [9.17, 15) is 92.3 Å². The van der Waals surface area contributed by atoms with Gasteiger partial charge in [-0.2, -0.15) is 12.6 Å². The first-order valence-electron chi connectivity index (χ1n) is 42.9. The number of ketones is 7. The SMILES string of the molecule is C/C=C\CCCC(=O)OCC(C)(C)[C@@H](O)C(=O)NCCC(=O)O.CC(=O)CCCC(=O)[C@H](O)C(C)(C)C.CC(=O)CCCC(=O)[C@H](O)C(C)(C)COC(=O)NCCS.CC(=O)CCCC(=O)[C@H](O)C(C)(C)COC(=O)NCCSC(C)=O.CC/C=C\C/C=C\C/C=C\C/C=C\CC.CCOC(=O)NCCSSCCCC(C)=O.O=C(O)CCCC[C@@H]1CCSS1. The lowest BCUT2D eigenvalue weighted by molar-refractivity contribution is -0.153. The van der Waals surface area contributed by atoms with Gasteiger partial charge in [-0.1, -0.05) is 198 Å². The Hall–Kier alpha value is -6.31. The van der Waals surface area contributed by atoms with E-state index in [1.807, 2.05) is 61.4 Å². The highest BCUT2D eigenvalue weighted by Crippen LogP contribution is 2.40. The van der Waals surface area contributed by atoms with Crippen molar-refractivity contribution in [3.8, 4) is 0 Å². The number of carboxylic acid groups (broad SMARTS) is 2. The normalized spacial score (nSPS) is 13.4. The van der Waals surface area contributed by atoms with Gasteiger partial charge in [0.2, 0.25) is 5.91 Å². The van der Waals surface area contributed by atoms with E-state index in [-0.39, 0.29) is 123 Å². The second kappa shape index (κ2) is 83.3. The fourth-order valence-electron chi connectivity index (χ4n) is 9.49. The molecule has 1 aliphatic rings. The molecule has 0 aromatic rings. The number of alkyl carbamates (subject to hydrolysis) is 3. The average molecular weight is 1890 g/mol. The number of carboxylic acids is 2. The van der Waals surface area contributed by atoms with Crippen molar-refractivity contribution in [3.05, 3.63) is 60.8 Å². The molecule has 722 valence electrons. The highest BCUT2D eigenvalue weighted by Gasteiger charge is 2.37. The van der Waals surface area contributed by atoms with Gasteiger partial charge in [0.15, 0.2) is 22.5 Å². The van der Waals surface area contributed by atoms with Gasteiger partial charge in [-0.3, -0.25) is 38.4 Å². The van der Waals surface area contributed by atoms with E-state index >= 15 is 0 Å². The molecule has 10 N–H and O–H groups in total. The van der Waals surface area contributed by atoms with Crippen molar-refractivity contribution in [2.75, 3.05) is 81.4 Å². The standard InChI is InChI=1S/C16H27NO6S.C16H27NO6.C15H24.C14H25NO5S.C11H20O3.C10H19NO3S2.C8H14O2S2/c1-11(18)6-5-7-13(20)14(21)16(3,4)10-23-15(22)17-8-9-24-12(2)19;1-4-5-6-7-8-13(20)23-11-16(2,3)14(21)15(22)17-10-9-12(18)19;1-3-5-7-9-11-13-15-14-12-10-8-6-4-2;1-10(16)5-4-6-11(17)12(18)14(2,3)9-20-13(19)15-7-8-21;1-8(12)6-5-7-9(13)10(14)11(2,3)4;1-3-14-10(13)11-6-8-16-15-7-4-5-9(2)12;9-8(10)4-2-1-3-7-5-6-11-12-7/h14,21H,5-10H2,1-4H3,(H,17,22);4-5,14,21H,6-11H2,1-3H3,(H,17,22)(H,18,19);5-8,11-14H,3-4,9-10,15H2,1-2H3;12,18,21H,4-9H2,1-3H3,(H,15,19);10,14H,5-7H2,1-4H3;3-8H2,1-2H3,(H,11,13);7H,1-6H2,(H,9,10)/b;5-4-;7-5-,8-6-,13-11-,14-12-;;;;/t2*14-;;12-;10-;;7-/m00.00.1/s1. The molecule has 4 amide bonds. The minimum Gasteiger partial charge on any atom is -0.481 e. The van der Waals surface area contributed by atoms with Gasteiger partial charge in [0.05, 0.1) is 19.6 Å². The number of thiol groups is 1. The van der Waals surface area contributed by atoms with E-state index in [1.165, 1.54) is 46.3 Å². The number of Topliss-reactive ketones (excluding diaryl/α,β-unsaturated/α-hetero) is 7. The van der Waals surface area contributed by atoms with Crippen molar-refractivity contribution >= 4 is 155 Å². The van der Waals surface area contributed by atoms with Gasteiger partial charge in [-0.15, -0.1) is 0 Å². The quantitative estimate of drug-likeness (QED) is 0.00673. The number of nitrogens with one attached hydrogen (secondary N) is 4. The Morgan fingerprint density at radius 2 is 0.848 bits per heavy atom. The summed E-state index contributed by atoms with van der Waals surface area (Å²) in [4.78, 5) is 167. The molecule has 0 saturated carbocycles. The van der Waals surface area contributed by atoms with Crippen molar-refractivity contribution in [2.45, 2.75) is 315 Å². The zero-order valence-electron chi connectivity index (χ0n) is 78.0. The predicted molar refractivity (Wildman–Crippen MR) is 509 cm³/mol. The molecule has 0 bridgehead atoms. The number of unbranched alkanes of at least 4 members (excludes halogenated alkanes) is 2. The molecule has 35 heteroatoms. The number of rotatable bonds is 59. The van der Waals surface area contributed by atoms with Crippen LogP contribution in [0.2, 0.25) is 0 Å². The summed E-state index contributed by atoms with van der Waals surface area (Å²) in [6.45, 7) is 32.0. The maximum atomic E-state index is 11.9. The van der Waals surface area contributed by atoms with Crippen molar-refractivity contribution in [3.63, 3.8) is 0 Å². The van der Waals surface area contributed by atoms with E-state index in [4.69, 9.17) is 29.2 Å². The Kier molecular flexibility index (Phi) is 86.3. The van der Waals surface area contributed by atoms with Crippen molar-refractivity contribution in [2.24, 2.45) is 21.7 Å². The number of allylic oxidation sites excluding steroid dienone is 10. The first-order valence-corrected chi connectivity index (χ1v) is 49.4. The highest BCUT2D eigenvalue weighted by molar-refractivity contribution is 8.77. The smallest absolute Gasteiger partial charge is 0.407 e. The van der Waals surface area contributed by atoms with Gasteiger partial charge < -0.3 is 90.0 Å². The highest BCUT2D eigenvalue weighted by atomic mass is 33.1. The lowest BCUT2D eigenvalue weighted by atomic mass is 9.84. The molecule has 1 aliphatic heterocycles. The third kappa shape index (κ3) is 89.5. The average Bonchev–Trinajstić information content (AvgIpc) is 1.51. The number of hydrogen-bond donors (Lipinski definition) is 11. The van der Waals surface area contributed by atoms with Crippen molar-refractivity contribution < 1.29 is 122 Å². The number of carbonyl (C=O) groups excluding carboxylic acids is 13. The molecule has 0 aromatic heterocycles. The minimum atomic E-state index is -1.40. The maximum Gasteiger partial charge on any atom is 0.407 e. The molecule has 29 nitrogen and oxygen atoms in total. The predicted octanol–water partition coefficient (Wildman–Crippen LogP) is 16.5. The molecule has 1 saturated heterocycles. The summed E-state index contributed by atoms with van der Waals surface area (Å²) in [5.41, 5.74) is -3.19. The summed E-state index contributed by atoms with van der Waals surface area (Å²) >= 11 is 5.05. The van der Waals surface area contributed by atoms with Gasteiger partial charge in [0, 0.05) is 141 Å². The molecule has 0 aromatic carbocycles. The van der Waals surface area contributed by atoms with Gasteiger partial charge in [0.25, 0.3) is 0 Å². The molecule has 1 heterocycles. The van der Waals surface area contributed by atoms with E-state index in [0.29, 0.717) is 89.0 Å². The van der Waals surface area contributed by atoms with E-state index in [0.717, 1.165) is 86.3 Å². The van der Waals surface area contributed by atoms with Crippen LogP contribution < -0.4 is 21.3 Å². The van der Waals surface area contributed by atoms with Gasteiger partial charge in [0.1, 0.15) is 60.8 Å². The monoisotopic (exact) mass is 1880 g/mol. The topological polar surface area (TPSA) is 462 Å². The number of amides is 4. The van der Waals surface area contributed by atoms with Crippen LogP contribution in [-0.2, 0) is 76.5 Å². The molecular formula is C90H156N4O25S6. The van der Waals surface area contributed by atoms with Crippen LogP contribution in [0.5, 0.6) is 0 Å². The van der Waals surface area contributed by atoms with Crippen LogP contribution in [0.25, 0.3) is 0 Å². The molecule has 0 radical (unpaired) electrons. The number of ether oxygens (including phenoxy) is 4. The van der Waals surface area contributed by atoms with Gasteiger partial charge in [-0.05, 0) is 137 Å². The fraction of sp³-hybridized carbons (Fsp3) is 0.722. The third-order valence-electron chi connectivity index (χ3n) is 16.9. The third-order valence-corrected chi connectivity index (χ3v) is 23.5. The Balaban J connectivity index is -0.000000334. The van der Waals surface area contributed by atoms with Crippen LogP contribution in [0.3, 0.4) is 0 Å². The van der Waals surface area contributed by atoms with Gasteiger partial charge >= 0.3 is 36.2 Å². The second-order valence-corrected chi connectivity index (χ2v) is 39.3. The molecule has 1 fully saturated rings. The van der Waals surface area contributed by atoms with E-state index in [2.05, 4.69) is 96.4 Å². The molecule has 5 atom stereocenters. The fourth-order valence-corrected chi connectivity index (χ4v) is 15.1. The Morgan fingerprint density at radius 1 is 0.440 bits per heavy atom. The number of esters is 1. The summed E-state index contributed by atoms with van der Waals surface area (Å²) in [7, 11) is 7.35. The second-order valence-electron chi connectivity index (χ2n) is 32.1. The zero-order chi connectivity index (χ0) is 96.7. The summed E-state index contributed by atoms with van der Waals surface area (Å²) in [5, 5.41) is 67.4. The zero-order valence-corrected chi connectivity index (χ0v) is 82.9. The van der Waals surface area contributed by atoms with Crippen molar-refractivity contribution in [1.82, 2.24) is 21.3 Å². The summed E-state index contributed by atoms with van der Waals surface area (Å²) < 4.78 is 19.8. The molecule has 0 unspecified atom stereocenters. The van der Waals surface area contributed by atoms with E-state index in [1.54, 1.807) is 77.0 Å². The lowest BCUT2D eigenvalue weighted by Crippen LogP contribution is -2.46. The number of thioether (sulfide) groups is 1. The number of aliphatic carboxylic acids is 2.